The van der Waals surface area contributed by atoms with Gasteiger partial charge in [0.2, 0.25) is 0 Å². The molecular formula is C17H16BrClN2O3. The predicted molar refractivity (Wildman–Crippen MR) is 97.7 cm³/mol. The van der Waals surface area contributed by atoms with Crippen molar-refractivity contribution in [2.45, 2.75) is 13.3 Å². The van der Waals surface area contributed by atoms with E-state index in [1.807, 2.05) is 6.92 Å². The molecule has 2 N–H and O–H groups in total. The van der Waals surface area contributed by atoms with Gasteiger partial charge >= 0.3 is 0 Å². The molecule has 0 fully saturated rings. The smallest absolute Gasteiger partial charge is 0.277 e. The number of amides is 1. The number of hydrogen-bond acceptors (Lipinski definition) is 4. The number of nitrogens with zero attached hydrogens (tertiary/aromatic N) is 1. The van der Waals surface area contributed by atoms with Crippen molar-refractivity contribution in [1.82, 2.24) is 5.43 Å². The van der Waals surface area contributed by atoms with Crippen molar-refractivity contribution in [2.75, 3.05) is 6.61 Å². The maximum atomic E-state index is 11.9. The Morgan fingerprint density at radius 2 is 2.00 bits per heavy atom. The number of carbonyl (C=O) groups is 1. The highest BCUT2D eigenvalue weighted by Gasteiger charge is 2.07. The molecule has 126 valence electrons. The van der Waals surface area contributed by atoms with E-state index in [1.165, 1.54) is 0 Å². The molecule has 7 heteroatoms. The number of ether oxygens (including phenoxy) is 1. The average Bonchev–Trinajstić information content (AvgIpc) is 2.56. The summed E-state index contributed by atoms with van der Waals surface area (Å²) in [5, 5.41) is 13.8. The van der Waals surface area contributed by atoms with Gasteiger partial charge in [-0.2, -0.15) is 5.10 Å². The van der Waals surface area contributed by atoms with E-state index < -0.39 is 5.91 Å². The van der Waals surface area contributed by atoms with Crippen LogP contribution in [0, 0.1) is 0 Å². The third-order valence-corrected chi connectivity index (χ3v) is 3.89. The minimum Gasteiger partial charge on any atom is -0.508 e. The van der Waals surface area contributed by atoms with Crippen molar-refractivity contribution in [1.29, 1.82) is 0 Å². The molecule has 0 saturated heterocycles. The summed E-state index contributed by atoms with van der Waals surface area (Å²) in [6.07, 6.45) is 0.629. The average molecular weight is 412 g/mol. The fraction of sp³-hybridized carbons (Fsp3) is 0.176. The molecular weight excluding hydrogens is 396 g/mol. The van der Waals surface area contributed by atoms with Crippen LogP contribution in [0.4, 0.5) is 0 Å². The van der Waals surface area contributed by atoms with Crippen LogP contribution in [0.5, 0.6) is 11.5 Å². The molecule has 0 aliphatic rings. The molecule has 2 aromatic rings. The molecule has 0 unspecified atom stereocenters. The number of aromatic hydroxyl groups is 1. The lowest BCUT2D eigenvalue weighted by Crippen LogP contribution is -2.26. The standard InChI is InChI=1S/C17H16BrClN2O3/c1-2-15(11-3-6-13(22)7-4-11)20-21-17(23)10-24-16-8-5-12(18)9-14(16)19/h3-9,22H,2,10H2,1H3,(H,21,23). The first-order valence-corrected chi connectivity index (χ1v) is 8.39. The van der Waals surface area contributed by atoms with Crippen LogP contribution >= 0.6 is 27.5 Å². The van der Waals surface area contributed by atoms with Crippen LogP contribution in [0.1, 0.15) is 18.9 Å². The van der Waals surface area contributed by atoms with Gasteiger partial charge in [-0.25, -0.2) is 5.43 Å². The van der Waals surface area contributed by atoms with E-state index in [4.69, 9.17) is 16.3 Å². The molecule has 0 spiro atoms. The van der Waals surface area contributed by atoms with Gasteiger partial charge in [0.05, 0.1) is 10.7 Å². The van der Waals surface area contributed by atoms with Gasteiger partial charge in [0.1, 0.15) is 11.5 Å². The quantitative estimate of drug-likeness (QED) is 0.555. The summed E-state index contributed by atoms with van der Waals surface area (Å²) in [6, 6.07) is 11.8. The number of benzene rings is 2. The summed E-state index contributed by atoms with van der Waals surface area (Å²) >= 11 is 9.32. The molecule has 0 bridgehead atoms. The molecule has 0 aliphatic heterocycles. The topological polar surface area (TPSA) is 70.9 Å². The minimum atomic E-state index is -0.390. The Bertz CT molecular complexity index is 748. The Balaban J connectivity index is 1.94. The number of phenolic OH excluding ortho intramolecular Hbond substituents is 1. The van der Waals surface area contributed by atoms with Crippen molar-refractivity contribution in [3.8, 4) is 11.5 Å². The lowest BCUT2D eigenvalue weighted by Gasteiger charge is -2.08. The van der Waals surface area contributed by atoms with Gasteiger partial charge in [0.15, 0.2) is 6.61 Å². The molecule has 24 heavy (non-hydrogen) atoms. The molecule has 0 heterocycles. The van der Waals surface area contributed by atoms with Crippen molar-refractivity contribution in [3.05, 3.63) is 57.5 Å². The summed E-state index contributed by atoms with van der Waals surface area (Å²) in [7, 11) is 0. The SMILES string of the molecule is CCC(=NNC(=O)COc1ccc(Br)cc1Cl)c1ccc(O)cc1. The van der Waals surface area contributed by atoms with Crippen LogP contribution in [0.25, 0.3) is 0 Å². The fourth-order valence-electron chi connectivity index (χ4n) is 1.90. The van der Waals surface area contributed by atoms with Crippen molar-refractivity contribution in [2.24, 2.45) is 5.10 Å². The van der Waals surface area contributed by atoms with Crippen molar-refractivity contribution < 1.29 is 14.6 Å². The van der Waals surface area contributed by atoms with Gasteiger partial charge in [0.25, 0.3) is 5.91 Å². The Morgan fingerprint density at radius 3 is 2.62 bits per heavy atom. The predicted octanol–water partition coefficient (Wildman–Crippen LogP) is 4.12. The van der Waals surface area contributed by atoms with Crippen LogP contribution in [-0.2, 0) is 4.79 Å². The summed E-state index contributed by atoms with van der Waals surface area (Å²) in [5.74, 6) is 0.213. The first-order chi connectivity index (χ1) is 11.5. The molecule has 0 aromatic heterocycles. The van der Waals surface area contributed by atoms with Crippen molar-refractivity contribution in [3.63, 3.8) is 0 Å². The third-order valence-electron chi connectivity index (χ3n) is 3.10. The number of hydrazone groups is 1. The van der Waals surface area contributed by atoms with Crippen LogP contribution in [-0.4, -0.2) is 23.3 Å². The highest BCUT2D eigenvalue weighted by atomic mass is 79.9. The molecule has 5 nitrogen and oxygen atoms in total. The zero-order chi connectivity index (χ0) is 17.5. The van der Waals surface area contributed by atoms with E-state index in [0.717, 1.165) is 10.0 Å². The number of hydrogen-bond donors (Lipinski definition) is 2. The van der Waals surface area contributed by atoms with Gasteiger partial charge < -0.3 is 9.84 Å². The third kappa shape index (κ3) is 5.25. The summed E-state index contributed by atoms with van der Waals surface area (Å²) in [4.78, 5) is 11.9. The fourth-order valence-corrected chi connectivity index (χ4v) is 2.63. The second-order valence-corrected chi connectivity index (χ2v) is 6.18. The van der Waals surface area contributed by atoms with Gasteiger partial charge in [-0.05, 0) is 54.4 Å². The summed E-state index contributed by atoms with van der Waals surface area (Å²) in [5.41, 5.74) is 3.98. The van der Waals surface area contributed by atoms with E-state index >= 15 is 0 Å². The molecule has 2 rings (SSSR count). The first kappa shape index (κ1) is 18.3. The maximum absolute atomic E-state index is 11.9. The molecule has 0 aliphatic carbocycles. The monoisotopic (exact) mass is 410 g/mol. The first-order valence-electron chi connectivity index (χ1n) is 7.22. The number of rotatable bonds is 6. The normalized spacial score (nSPS) is 11.2. The molecule has 1 amide bonds. The minimum absolute atomic E-state index is 0.179. The second kappa shape index (κ2) is 8.70. The lowest BCUT2D eigenvalue weighted by molar-refractivity contribution is -0.123. The molecule has 2 aromatic carbocycles. The van der Waals surface area contributed by atoms with Crippen LogP contribution in [0.15, 0.2) is 52.0 Å². The maximum Gasteiger partial charge on any atom is 0.277 e. The second-order valence-electron chi connectivity index (χ2n) is 4.86. The van der Waals surface area contributed by atoms with Crippen LogP contribution in [0.3, 0.4) is 0 Å². The van der Waals surface area contributed by atoms with Crippen LogP contribution in [0.2, 0.25) is 5.02 Å². The molecule has 0 atom stereocenters. The van der Waals surface area contributed by atoms with E-state index in [0.29, 0.717) is 22.9 Å². The Labute approximate surface area is 153 Å². The largest absolute Gasteiger partial charge is 0.508 e. The zero-order valence-corrected chi connectivity index (χ0v) is 15.3. The van der Waals surface area contributed by atoms with Crippen LogP contribution < -0.4 is 10.2 Å². The van der Waals surface area contributed by atoms with Crippen molar-refractivity contribution >= 4 is 39.1 Å². The zero-order valence-electron chi connectivity index (χ0n) is 12.9. The Kier molecular flexibility index (Phi) is 6.63. The van der Waals surface area contributed by atoms with Gasteiger partial charge in [-0.15, -0.1) is 0 Å². The highest BCUT2D eigenvalue weighted by molar-refractivity contribution is 9.10. The van der Waals surface area contributed by atoms with Gasteiger partial charge in [0, 0.05) is 4.47 Å². The number of carbonyl (C=O) groups excluding carboxylic acids is 1. The van der Waals surface area contributed by atoms with Gasteiger partial charge in [-0.3, -0.25) is 4.79 Å². The number of phenols is 1. The molecule has 0 saturated carbocycles. The summed E-state index contributed by atoms with van der Waals surface area (Å²) in [6.45, 7) is 1.73. The van der Waals surface area contributed by atoms with E-state index in [-0.39, 0.29) is 12.4 Å². The number of halogens is 2. The Morgan fingerprint density at radius 1 is 1.29 bits per heavy atom. The Hall–Kier alpha value is -2.05. The highest BCUT2D eigenvalue weighted by Crippen LogP contribution is 2.27. The number of nitrogens with one attached hydrogen (secondary N) is 1. The van der Waals surface area contributed by atoms with E-state index in [9.17, 15) is 9.90 Å². The van der Waals surface area contributed by atoms with E-state index in [2.05, 4.69) is 26.5 Å². The summed E-state index contributed by atoms with van der Waals surface area (Å²) < 4.78 is 6.20. The van der Waals surface area contributed by atoms with Gasteiger partial charge in [-0.1, -0.05) is 34.5 Å². The lowest BCUT2D eigenvalue weighted by atomic mass is 10.1. The van der Waals surface area contributed by atoms with E-state index in [1.54, 1.807) is 42.5 Å². The molecule has 0 radical (unpaired) electrons.